The van der Waals surface area contributed by atoms with Crippen LogP contribution in [0.15, 0.2) is 34.0 Å². The Morgan fingerprint density at radius 3 is 2.60 bits per heavy atom. The Kier molecular flexibility index (Phi) is 3.60. The molecule has 1 aromatic rings. The summed E-state index contributed by atoms with van der Waals surface area (Å²) in [6.45, 7) is 0. The van der Waals surface area contributed by atoms with Crippen molar-refractivity contribution in [2.75, 3.05) is 12.8 Å². The standard InChI is InChI=1S/C9H10ClNO3S/c1-14-9-3-2-7(6-8(9)11)15(12,13)5-4-10/h2-6H,11H2,1H3. The van der Waals surface area contributed by atoms with E-state index < -0.39 is 9.84 Å². The first-order valence-corrected chi connectivity index (χ1v) is 5.95. The first kappa shape index (κ1) is 11.9. The number of methoxy groups -OCH3 is 1. The number of hydrogen-bond donors (Lipinski definition) is 1. The Balaban J connectivity index is 3.25. The molecule has 0 amide bonds. The molecule has 0 saturated heterocycles. The molecule has 2 N–H and O–H groups in total. The molecule has 0 saturated carbocycles. The minimum absolute atomic E-state index is 0.0812. The van der Waals surface area contributed by atoms with Crippen molar-refractivity contribution in [2.45, 2.75) is 4.90 Å². The van der Waals surface area contributed by atoms with E-state index in [0.29, 0.717) is 5.75 Å². The van der Waals surface area contributed by atoms with Crippen molar-refractivity contribution in [1.29, 1.82) is 0 Å². The summed E-state index contributed by atoms with van der Waals surface area (Å²) in [5, 5.41) is 0.899. The smallest absolute Gasteiger partial charge is 0.200 e. The molecule has 0 aliphatic rings. The second kappa shape index (κ2) is 4.55. The van der Waals surface area contributed by atoms with Crippen LogP contribution in [0.3, 0.4) is 0 Å². The van der Waals surface area contributed by atoms with Gasteiger partial charge in [-0.2, -0.15) is 0 Å². The number of ether oxygens (including phenoxy) is 1. The van der Waals surface area contributed by atoms with Gasteiger partial charge in [0.05, 0.1) is 17.7 Å². The maximum Gasteiger partial charge on any atom is 0.200 e. The first-order valence-electron chi connectivity index (χ1n) is 3.96. The second-order valence-corrected chi connectivity index (χ2v) is 4.80. The van der Waals surface area contributed by atoms with Gasteiger partial charge in [-0.15, -0.1) is 0 Å². The zero-order valence-electron chi connectivity index (χ0n) is 7.98. The average Bonchev–Trinajstić information content (AvgIpc) is 2.17. The van der Waals surface area contributed by atoms with Gasteiger partial charge in [-0.05, 0) is 18.2 Å². The fourth-order valence-electron chi connectivity index (χ4n) is 1.04. The van der Waals surface area contributed by atoms with E-state index in [1.807, 2.05) is 0 Å². The lowest BCUT2D eigenvalue weighted by Crippen LogP contribution is -1.99. The van der Waals surface area contributed by atoms with Crippen molar-refractivity contribution in [1.82, 2.24) is 0 Å². The molecular weight excluding hydrogens is 238 g/mol. The predicted molar refractivity (Wildman–Crippen MR) is 59.6 cm³/mol. The summed E-state index contributed by atoms with van der Waals surface area (Å²) in [6, 6.07) is 4.22. The highest BCUT2D eigenvalue weighted by Crippen LogP contribution is 2.25. The van der Waals surface area contributed by atoms with Crippen molar-refractivity contribution >= 4 is 27.1 Å². The van der Waals surface area contributed by atoms with Crippen LogP contribution < -0.4 is 10.5 Å². The van der Waals surface area contributed by atoms with Crippen LogP contribution in [0.1, 0.15) is 0 Å². The van der Waals surface area contributed by atoms with Crippen LogP contribution in [0.4, 0.5) is 5.69 Å². The molecule has 0 spiro atoms. The van der Waals surface area contributed by atoms with Gasteiger partial charge in [0.25, 0.3) is 0 Å². The average molecular weight is 248 g/mol. The maximum absolute atomic E-state index is 11.5. The van der Waals surface area contributed by atoms with Gasteiger partial charge in [-0.3, -0.25) is 0 Å². The maximum atomic E-state index is 11.5. The molecule has 15 heavy (non-hydrogen) atoms. The van der Waals surface area contributed by atoms with E-state index in [9.17, 15) is 8.42 Å². The van der Waals surface area contributed by atoms with Crippen molar-refractivity contribution in [3.63, 3.8) is 0 Å². The number of sulfone groups is 1. The van der Waals surface area contributed by atoms with Gasteiger partial charge >= 0.3 is 0 Å². The van der Waals surface area contributed by atoms with Gasteiger partial charge in [0, 0.05) is 10.9 Å². The number of anilines is 1. The molecule has 0 aliphatic carbocycles. The van der Waals surface area contributed by atoms with E-state index in [2.05, 4.69) is 0 Å². The number of halogens is 1. The van der Waals surface area contributed by atoms with Crippen molar-refractivity contribution < 1.29 is 13.2 Å². The minimum Gasteiger partial charge on any atom is -0.495 e. The Labute approximate surface area is 93.2 Å². The van der Waals surface area contributed by atoms with E-state index in [1.54, 1.807) is 0 Å². The molecule has 0 fully saturated rings. The normalized spacial score (nSPS) is 11.9. The van der Waals surface area contributed by atoms with Crippen molar-refractivity contribution in [3.8, 4) is 5.75 Å². The summed E-state index contributed by atoms with van der Waals surface area (Å²) < 4.78 is 27.9. The van der Waals surface area contributed by atoms with Crippen LogP contribution >= 0.6 is 11.6 Å². The molecule has 0 heterocycles. The molecule has 0 aromatic heterocycles. The molecule has 1 rings (SSSR count). The van der Waals surface area contributed by atoms with E-state index in [0.717, 1.165) is 10.9 Å². The van der Waals surface area contributed by atoms with Crippen LogP contribution in [0.5, 0.6) is 5.75 Å². The lowest BCUT2D eigenvalue weighted by atomic mass is 10.3. The second-order valence-electron chi connectivity index (χ2n) is 2.71. The highest BCUT2D eigenvalue weighted by molar-refractivity contribution is 7.94. The van der Waals surface area contributed by atoms with Gasteiger partial charge in [0.2, 0.25) is 9.84 Å². The zero-order chi connectivity index (χ0) is 11.5. The number of rotatable bonds is 3. The largest absolute Gasteiger partial charge is 0.495 e. The quantitative estimate of drug-likeness (QED) is 0.827. The summed E-state index contributed by atoms with van der Waals surface area (Å²) in [6.07, 6.45) is 0. The molecule has 1 aromatic carbocycles. The summed E-state index contributed by atoms with van der Waals surface area (Å²) in [5.74, 6) is 0.434. The molecular formula is C9H10ClNO3S. The minimum atomic E-state index is -3.51. The highest BCUT2D eigenvalue weighted by Gasteiger charge is 2.12. The van der Waals surface area contributed by atoms with Gasteiger partial charge in [0.1, 0.15) is 5.75 Å². The van der Waals surface area contributed by atoms with E-state index in [-0.39, 0.29) is 10.6 Å². The fourth-order valence-corrected chi connectivity index (χ4v) is 2.28. The zero-order valence-corrected chi connectivity index (χ0v) is 9.55. The Bertz CT molecular complexity index is 482. The Morgan fingerprint density at radius 2 is 2.13 bits per heavy atom. The Morgan fingerprint density at radius 1 is 1.47 bits per heavy atom. The van der Waals surface area contributed by atoms with E-state index >= 15 is 0 Å². The van der Waals surface area contributed by atoms with Gasteiger partial charge in [-0.25, -0.2) is 8.42 Å². The molecule has 0 radical (unpaired) electrons. The van der Waals surface area contributed by atoms with Gasteiger partial charge in [0.15, 0.2) is 0 Å². The highest BCUT2D eigenvalue weighted by atomic mass is 35.5. The monoisotopic (exact) mass is 247 g/mol. The Hall–Kier alpha value is -1.20. The third kappa shape index (κ3) is 2.64. The summed E-state index contributed by atoms with van der Waals surface area (Å²) >= 11 is 5.22. The van der Waals surface area contributed by atoms with Crippen LogP contribution in [0, 0.1) is 0 Å². The lowest BCUT2D eigenvalue weighted by molar-refractivity contribution is 0.416. The van der Waals surface area contributed by atoms with Gasteiger partial charge < -0.3 is 10.5 Å². The molecule has 0 atom stereocenters. The molecule has 0 unspecified atom stereocenters. The molecule has 0 aliphatic heterocycles. The van der Waals surface area contributed by atoms with Crippen LogP contribution in [-0.2, 0) is 9.84 Å². The van der Waals surface area contributed by atoms with Crippen LogP contribution in [0.25, 0.3) is 0 Å². The van der Waals surface area contributed by atoms with Crippen molar-refractivity contribution in [2.24, 2.45) is 0 Å². The topological polar surface area (TPSA) is 69.4 Å². The van der Waals surface area contributed by atoms with Crippen molar-refractivity contribution in [3.05, 3.63) is 29.1 Å². The fraction of sp³-hybridized carbons (Fsp3) is 0.111. The van der Waals surface area contributed by atoms with Crippen LogP contribution in [0.2, 0.25) is 0 Å². The summed E-state index contributed by atoms with van der Waals surface area (Å²) in [7, 11) is -2.05. The van der Waals surface area contributed by atoms with Gasteiger partial charge in [-0.1, -0.05) is 11.6 Å². The van der Waals surface area contributed by atoms with Crippen LogP contribution in [-0.4, -0.2) is 15.5 Å². The van der Waals surface area contributed by atoms with E-state index in [4.69, 9.17) is 22.1 Å². The number of hydrogen-bond acceptors (Lipinski definition) is 4. The SMILES string of the molecule is COc1ccc(S(=O)(=O)C=CCl)cc1N. The third-order valence-corrected chi connectivity index (χ3v) is 3.44. The predicted octanol–water partition coefficient (Wildman–Crippen LogP) is 1.76. The first-order chi connectivity index (χ1) is 7.01. The number of nitrogens with two attached hydrogens (primary N) is 1. The third-order valence-electron chi connectivity index (χ3n) is 1.76. The number of nitrogen functional groups attached to an aromatic ring is 1. The summed E-state index contributed by atoms with van der Waals surface area (Å²) in [5.41, 5.74) is 6.78. The molecule has 4 nitrogen and oxygen atoms in total. The van der Waals surface area contributed by atoms with E-state index in [1.165, 1.54) is 25.3 Å². The molecule has 82 valence electrons. The lowest BCUT2D eigenvalue weighted by Gasteiger charge is -2.05. The number of benzene rings is 1. The molecule has 6 heteroatoms. The summed E-state index contributed by atoms with van der Waals surface area (Å²) in [4.78, 5) is 0.0812. The molecule has 0 bridgehead atoms.